The minimum Gasteiger partial charge on any atom is -0.385 e. The topological polar surface area (TPSA) is 79.6 Å². The molecule has 0 aliphatic carbocycles. The lowest BCUT2D eigenvalue weighted by molar-refractivity contribution is 0.190. The van der Waals surface area contributed by atoms with E-state index >= 15 is 0 Å². The summed E-state index contributed by atoms with van der Waals surface area (Å²) in [6.07, 6.45) is 2.93. The Morgan fingerprint density at radius 3 is 3.05 bits per heavy atom. The molecule has 0 aliphatic rings. The first-order chi connectivity index (χ1) is 10.2. The van der Waals surface area contributed by atoms with E-state index in [1.165, 1.54) is 0 Å². The number of hydrogen-bond donors (Lipinski definition) is 2. The molecule has 3 heterocycles. The van der Waals surface area contributed by atoms with E-state index in [-0.39, 0.29) is 0 Å². The number of hydrogen-bond acceptors (Lipinski definition) is 4. The lowest BCUT2D eigenvalue weighted by atomic mass is 10.3. The Morgan fingerprint density at radius 2 is 2.19 bits per heavy atom. The van der Waals surface area contributed by atoms with Gasteiger partial charge >= 0.3 is 0 Å². The summed E-state index contributed by atoms with van der Waals surface area (Å²) in [6, 6.07) is 9.67. The van der Waals surface area contributed by atoms with Crippen molar-refractivity contribution in [3.63, 3.8) is 0 Å². The minimum atomic E-state index is -0.618. The molecule has 2 N–H and O–H groups in total. The molecular formula is C15H13N5O. The molecular weight excluding hydrogens is 266 g/mol. The van der Waals surface area contributed by atoms with Gasteiger partial charge in [0, 0.05) is 11.6 Å². The third kappa shape index (κ3) is 1.88. The average Bonchev–Trinajstić information content (AvgIpc) is 3.10. The van der Waals surface area contributed by atoms with Gasteiger partial charge in [0.25, 0.3) is 0 Å². The van der Waals surface area contributed by atoms with Crippen LogP contribution in [-0.2, 0) is 0 Å². The predicted molar refractivity (Wildman–Crippen MR) is 79.2 cm³/mol. The van der Waals surface area contributed by atoms with Crippen LogP contribution in [0.1, 0.15) is 18.9 Å². The Morgan fingerprint density at radius 1 is 1.29 bits per heavy atom. The monoisotopic (exact) mass is 279 g/mol. The van der Waals surface area contributed by atoms with Gasteiger partial charge in [-0.25, -0.2) is 14.6 Å². The third-order valence-corrected chi connectivity index (χ3v) is 3.45. The Bertz CT molecular complexity index is 937. The number of rotatable bonds is 2. The van der Waals surface area contributed by atoms with Crippen LogP contribution in [0, 0.1) is 0 Å². The summed E-state index contributed by atoms with van der Waals surface area (Å²) in [5, 5.41) is 15.0. The van der Waals surface area contributed by atoms with Crippen molar-refractivity contribution in [2.24, 2.45) is 0 Å². The Labute approximate surface area is 120 Å². The SMILES string of the molecule is CC(O)c1nc2ccc(-n3ncc4cccnc43)cc2[nH]1. The Kier molecular flexibility index (Phi) is 2.52. The molecule has 21 heavy (non-hydrogen) atoms. The van der Waals surface area contributed by atoms with Gasteiger partial charge in [0.15, 0.2) is 5.65 Å². The van der Waals surface area contributed by atoms with Gasteiger partial charge in [0.2, 0.25) is 0 Å². The highest BCUT2D eigenvalue weighted by Crippen LogP contribution is 2.21. The van der Waals surface area contributed by atoms with Gasteiger partial charge in [-0.1, -0.05) is 0 Å². The number of nitrogens with one attached hydrogen (secondary N) is 1. The molecule has 1 unspecified atom stereocenters. The van der Waals surface area contributed by atoms with E-state index in [0.29, 0.717) is 5.82 Å². The first-order valence-electron chi connectivity index (χ1n) is 6.69. The van der Waals surface area contributed by atoms with Gasteiger partial charge in [0.05, 0.1) is 22.9 Å². The number of fused-ring (bicyclic) bond motifs is 2. The maximum absolute atomic E-state index is 9.60. The average molecular weight is 279 g/mol. The van der Waals surface area contributed by atoms with Crippen LogP contribution in [0.4, 0.5) is 0 Å². The van der Waals surface area contributed by atoms with Crippen molar-refractivity contribution in [1.29, 1.82) is 0 Å². The lowest BCUT2D eigenvalue weighted by Crippen LogP contribution is -1.97. The predicted octanol–water partition coefficient (Wildman–Crippen LogP) is 2.35. The standard InChI is InChI=1S/C15H13N5O/c1-9(21)14-18-12-5-4-11(7-13(12)19-14)20-15-10(8-17-20)3-2-6-16-15/h2-9,21H,1H3,(H,18,19). The van der Waals surface area contributed by atoms with Crippen LogP contribution in [0.2, 0.25) is 0 Å². The van der Waals surface area contributed by atoms with Crippen LogP contribution in [0.5, 0.6) is 0 Å². The van der Waals surface area contributed by atoms with E-state index in [2.05, 4.69) is 20.1 Å². The quantitative estimate of drug-likeness (QED) is 0.590. The molecule has 0 aliphatic heterocycles. The fourth-order valence-corrected chi connectivity index (χ4v) is 2.40. The molecule has 0 radical (unpaired) electrons. The van der Waals surface area contributed by atoms with Crippen LogP contribution in [0.15, 0.2) is 42.7 Å². The van der Waals surface area contributed by atoms with E-state index in [1.807, 2.05) is 30.3 Å². The Hall–Kier alpha value is -2.73. The summed E-state index contributed by atoms with van der Waals surface area (Å²) in [6.45, 7) is 1.68. The van der Waals surface area contributed by atoms with Crippen molar-refractivity contribution in [3.8, 4) is 5.69 Å². The smallest absolute Gasteiger partial charge is 0.162 e. The molecule has 0 bridgehead atoms. The van der Waals surface area contributed by atoms with E-state index in [9.17, 15) is 5.11 Å². The minimum absolute atomic E-state index is 0.561. The summed E-state index contributed by atoms with van der Waals surface area (Å²) < 4.78 is 1.79. The highest BCUT2D eigenvalue weighted by molar-refractivity contribution is 5.80. The number of aliphatic hydroxyl groups excluding tert-OH is 1. The fourth-order valence-electron chi connectivity index (χ4n) is 2.40. The fraction of sp³-hybridized carbons (Fsp3) is 0.133. The number of nitrogens with zero attached hydrogens (tertiary/aromatic N) is 4. The van der Waals surface area contributed by atoms with Crippen LogP contribution in [0.25, 0.3) is 27.8 Å². The zero-order valence-corrected chi connectivity index (χ0v) is 11.4. The zero-order valence-electron chi connectivity index (χ0n) is 11.4. The second-order valence-corrected chi connectivity index (χ2v) is 4.97. The molecule has 0 saturated carbocycles. The molecule has 6 nitrogen and oxygen atoms in total. The molecule has 4 aromatic rings. The zero-order chi connectivity index (χ0) is 14.4. The van der Waals surface area contributed by atoms with E-state index in [0.717, 1.165) is 27.8 Å². The van der Waals surface area contributed by atoms with Crippen molar-refractivity contribution in [1.82, 2.24) is 24.7 Å². The highest BCUT2D eigenvalue weighted by atomic mass is 16.3. The second-order valence-electron chi connectivity index (χ2n) is 4.97. The van der Waals surface area contributed by atoms with Crippen LogP contribution in [0.3, 0.4) is 0 Å². The molecule has 0 spiro atoms. The summed E-state index contributed by atoms with van der Waals surface area (Å²) in [4.78, 5) is 11.8. The van der Waals surface area contributed by atoms with E-state index in [4.69, 9.17) is 0 Å². The molecule has 0 fully saturated rings. The normalized spacial score (nSPS) is 13.0. The molecule has 0 amide bonds. The van der Waals surface area contributed by atoms with Gasteiger partial charge in [-0.2, -0.15) is 5.10 Å². The first kappa shape index (κ1) is 12.0. The molecule has 6 heteroatoms. The Balaban J connectivity index is 1.90. The van der Waals surface area contributed by atoms with Gasteiger partial charge in [-0.05, 0) is 37.3 Å². The van der Waals surface area contributed by atoms with Gasteiger partial charge < -0.3 is 10.1 Å². The van der Waals surface area contributed by atoms with Crippen molar-refractivity contribution >= 4 is 22.1 Å². The van der Waals surface area contributed by atoms with Crippen molar-refractivity contribution in [3.05, 3.63) is 48.5 Å². The lowest BCUT2D eigenvalue weighted by Gasteiger charge is -2.02. The number of aromatic nitrogens is 5. The van der Waals surface area contributed by atoms with Gasteiger partial charge in [-0.15, -0.1) is 0 Å². The van der Waals surface area contributed by atoms with Crippen molar-refractivity contribution in [2.75, 3.05) is 0 Å². The van der Waals surface area contributed by atoms with Crippen molar-refractivity contribution < 1.29 is 5.11 Å². The molecule has 4 rings (SSSR count). The van der Waals surface area contributed by atoms with Crippen LogP contribution < -0.4 is 0 Å². The maximum atomic E-state index is 9.60. The summed E-state index contributed by atoms with van der Waals surface area (Å²) in [5.41, 5.74) is 3.39. The summed E-state index contributed by atoms with van der Waals surface area (Å²) in [7, 11) is 0. The molecule has 3 aromatic heterocycles. The molecule has 0 saturated heterocycles. The molecule has 104 valence electrons. The maximum Gasteiger partial charge on any atom is 0.162 e. The number of pyridine rings is 1. The first-order valence-corrected chi connectivity index (χ1v) is 6.69. The number of aromatic amines is 1. The number of aliphatic hydroxyl groups is 1. The van der Waals surface area contributed by atoms with Gasteiger partial charge in [-0.3, -0.25) is 0 Å². The summed E-state index contributed by atoms with van der Waals surface area (Å²) >= 11 is 0. The highest BCUT2D eigenvalue weighted by Gasteiger charge is 2.10. The van der Waals surface area contributed by atoms with E-state index < -0.39 is 6.10 Å². The van der Waals surface area contributed by atoms with Crippen molar-refractivity contribution in [2.45, 2.75) is 13.0 Å². The molecule has 1 atom stereocenters. The van der Waals surface area contributed by atoms with Crippen LogP contribution in [-0.4, -0.2) is 29.8 Å². The van der Waals surface area contributed by atoms with E-state index in [1.54, 1.807) is 24.0 Å². The number of benzene rings is 1. The van der Waals surface area contributed by atoms with Gasteiger partial charge in [0.1, 0.15) is 11.9 Å². The number of imidazole rings is 1. The summed E-state index contributed by atoms with van der Waals surface area (Å²) in [5.74, 6) is 0.561. The molecule has 1 aromatic carbocycles. The second kappa shape index (κ2) is 4.39. The third-order valence-electron chi connectivity index (χ3n) is 3.45. The number of H-pyrrole nitrogens is 1. The largest absolute Gasteiger partial charge is 0.385 e. The van der Waals surface area contributed by atoms with Crippen LogP contribution >= 0.6 is 0 Å².